The molecule has 8 heteroatoms. The number of esters is 2. The Morgan fingerprint density at radius 2 is 1.78 bits per heavy atom. The van der Waals surface area contributed by atoms with Gasteiger partial charge in [-0.05, 0) is 24.3 Å². The van der Waals surface area contributed by atoms with Crippen LogP contribution < -0.4 is 4.74 Å². The van der Waals surface area contributed by atoms with Crippen molar-refractivity contribution in [3.63, 3.8) is 0 Å². The van der Waals surface area contributed by atoms with Gasteiger partial charge < -0.3 is 9.47 Å². The van der Waals surface area contributed by atoms with Crippen molar-refractivity contribution in [2.45, 2.75) is 0 Å². The van der Waals surface area contributed by atoms with Gasteiger partial charge >= 0.3 is 11.9 Å². The molecule has 0 N–H and O–H groups in total. The Morgan fingerprint density at radius 3 is 2.43 bits per heavy atom. The molecule has 2 rings (SSSR count). The number of hydrogen-bond acceptors (Lipinski definition) is 6. The molecule has 23 heavy (non-hydrogen) atoms. The molecule has 0 spiro atoms. The molecule has 0 aliphatic heterocycles. The van der Waals surface area contributed by atoms with Crippen LogP contribution in [0, 0.1) is 10.1 Å². The van der Waals surface area contributed by atoms with E-state index in [1.807, 2.05) is 0 Å². The van der Waals surface area contributed by atoms with Crippen LogP contribution in [0.1, 0.15) is 20.7 Å². The van der Waals surface area contributed by atoms with E-state index in [1.165, 1.54) is 42.5 Å². The van der Waals surface area contributed by atoms with Gasteiger partial charge in [0.1, 0.15) is 16.9 Å². The van der Waals surface area contributed by atoms with Crippen LogP contribution in [-0.4, -0.2) is 24.0 Å². The maximum atomic E-state index is 12.2. The van der Waals surface area contributed by atoms with Crippen molar-refractivity contribution in [3.05, 3.63) is 68.7 Å². The van der Waals surface area contributed by atoms with Gasteiger partial charge in [0, 0.05) is 11.1 Å². The summed E-state index contributed by atoms with van der Waals surface area (Å²) in [6.07, 6.45) is 0. The molecule has 2 aromatic rings. The molecule has 0 unspecified atom stereocenters. The lowest BCUT2D eigenvalue weighted by Crippen LogP contribution is -2.14. The monoisotopic (exact) mass is 335 g/mol. The fourth-order valence-corrected chi connectivity index (χ4v) is 1.99. The summed E-state index contributed by atoms with van der Waals surface area (Å²) < 4.78 is 9.68. The molecule has 0 saturated heterocycles. The highest BCUT2D eigenvalue weighted by molar-refractivity contribution is 6.31. The molecule has 0 aliphatic carbocycles. The largest absolute Gasteiger partial charge is 0.465 e. The van der Waals surface area contributed by atoms with Crippen LogP contribution in [0.2, 0.25) is 5.02 Å². The predicted octanol–water partition coefficient (Wildman–Crippen LogP) is 3.25. The quantitative estimate of drug-likeness (QED) is 0.368. The first-order valence-corrected chi connectivity index (χ1v) is 6.65. The average Bonchev–Trinajstić information content (AvgIpc) is 2.55. The van der Waals surface area contributed by atoms with E-state index >= 15 is 0 Å². The summed E-state index contributed by atoms with van der Waals surface area (Å²) in [5.41, 5.74) is -0.693. The summed E-state index contributed by atoms with van der Waals surface area (Å²) in [6.45, 7) is 0. The molecule has 118 valence electrons. The molecule has 0 fully saturated rings. The lowest BCUT2D eigenvalue weighted by atomic mass is 10.1. The van der Waals surface area contributed by atoms with E-state index in [4.69, 9.17) is 16.3 Å². The highest BCUT2D eigenvalue weighted by Gasteiger charge is 2.23. The summed E-state index contributed by atoms with van der Waals surface area (Å²) >= 11 is 5.80. The maximum Gasteiger partial charge on any atom is 0.350 e. The van der Waals surface area contributed by atoms with Gasteiger partial charge in [-0.2, -0.15) is 0 Å². The van der Waals surface area contributed by atoms with Crippen LogP contribution >= 0.6 is 11.6 Å². The molecule has 0 radical (unpaired) electrons. The van der Waals surface area contributed by atoms with Crippen LogP contribution in [0.25, 0.3) is 0 Å². The topological polar surface area (TPSA) is 95.7 Å². The Balaban J connectivity index is 2.39. The summed E-state index contributed by atoms with van der Waals surface area (Å²) in [5.74, 6) is -1.83. The van der Waals surface area contributed by atoms with Crippen molar-refractivity contribution < 1.29 is 24.0 Å². The van der Waals surface area contributed by atoms with Crippen LogP contribution in [0.5, 0.6) is 5.75 Å². The fourth-order valence-electron chi connectivity index (χ4n) is 1.82. The number of nitro benzene ring substituents is 1. The van der Waals surface area contributed by atoms with Crippen molar-refractivity contribution in [1.29, 1.82) is 0 Å². The van der Waals surface area contributed by atoms with E-state index in [9.17, 15) is 19.7 Å². The number of benzene rings is 2. The molecule has 0 atom stereocenters. The number of nitro groups is 1. The van der Waals surface area contributed by atoms with Crippen molar-refractivity contribution in [2.75, 3.05) is 7.11 Å². The summed E-state index contributed by atoms with van der Waals surface area (Å²) in [4.78, 5) is 34.1. The maximum absolute atomic E-state index is 12.2. The third kappa shape index (κ3) is 3.64. The minimum Gasteiger partial charge on any atom is -0.465 e. The van der Waals surface area contributed by atoms with E-state index in [0.29, 0.717) is 0 Å². The van der Waals surface area contributed by atoms with Crippen molar-refractivity contribution in [1.82, 2.24) is 0 Å². The third-order valence-corrected chi connectivity index (χ3v) is 3.11. The zero-order valence-corrected chi connectivity index (χ0v) is 12.6. The summed E-state index contributed by atoms with van der Waals surface area (Å²) in [7, 11) is 1.16. The molecule has 0 aromatic heterocycles. The van der Waals surface area contributed by atoms with Crippen molar-refractivity contribution >= 4 is 29.2 Å². The van der Waals surface area contributed by atoms with Crippen molar-refractivity contribution in [3.8, 4) is 5.75 Å². The van der Waals surface area contributed by atoms with Gasteiger partial charge in [0.15, 0.2) is 0 Å². The number of carbonyl (C=O) groups is 2. The molecule has 0 amide bonds. The highest BCUT2D eigenvalue weighted by Crippen LogP contribution is 2.26. The fraction of sp³-hybridized carbons (Fsp3) is 0.0667. The molecule has 0 heterocycles. The van der Waals surface area contributed by atoms with Crippen LogP contribution in [0.3, 0.4) is 0 Å². The minimum absolute atomic E-state index is 0.0630. The standard InChI is InChI=1S/C15H10ClNO6/c1-22-14(18)11-8-9(16)6-7-13(11)23-15(19)10-4-2-3-5-12(10)17(20)21/h2-8H,1H3. The Hall–Kier alpha value is -2.93. The first kappa shape index (κ1) is 16.4. The molecule has 7 nitrogen and oxygen atoms in total. The number of ether oxygens (including phenoxy) is 2. The zero-order valence-electron chi connectivity index (χ0n) is 11.8. The molecule has 2 aromatic carbocycles. The van der Waals surface area contributed by atoms with Gasteiger partial charge in [-0.15, -0.1) is 0 Å². The smallest absolute Gasteiger partial charge is 0.350 e. The zero-order chi connectivity index (χ0) is 17.0. The average molecular weight is 336 g/mol. The van der Waals surface area contributed by atoms with E-state index < -0.39 is 22.5 Å². The second kappa shape index (κ2) is 6.89. The third-order valence-electron chi connectivity index (χ3n) is 2.87. The van der Waals surface area contributed by atoms with E-state index in [-0.39, 0.29) is 21.9 Å². The van der Waals surface area contributed by atoms with Crippen LogP contribution in [0.4, 0.5) is 5.69 Å². The number of rotatable bonds is 4. The van der Waals surface area contributed by atoms with Gasteiger partial charge in [-0.3, -0.25) is 10.1 Å². The minimum atomic E-state index is -0.968. The van der Waals surface area contributed by atoms with Gasteiger partial charge in [-0.1, -0.05) is 23.7 Å². The molecular formula is C15H10ClNO6. The lowest BCUT2D eigenvalue weighted by molar-refractivity contribution is -0.385. The lowest BCUT2D eigenvalue weighted by Gasteiger charge is -2.09. The summed E-state index contributed by atoms with van der Waals surface area (Å²) in [5, 5.41) is 11.2. The number of halogens is 1. The van der Waals surface area contributed by atoms with Crippen molar-refractivity contribution in [2.24, 2.45) is 0 Å². The summed E-state index contributed by atoms with van der Waals surface area (Å²) in [6, 6.07) is 9.32. The second-order valence-corrected chi connectivity index (χ2v) is 4.73. The van der Waals surface area contributed by atoms with Gasteiger partial charge in [-0.25, -0.2) is 9.59 Å². The Labute approximate surface area is 135 Å². The number of hydrogen-bond donors (Lipinski definition) is 0. The number of carbonyl (C=O) groups excluding carboxylic acids is 2. The van der Waals surface area contributed by atoms with Crippen LogP contribution in [0.15, 0.2) is 42.5 Å². The first-order valence-electron chi connectivity index (χ1n) is 6.27. The molecule has 0 aliphatic rings. The van der Waals surface area contributed by atoms with E-state index in [2.05, 4.69) is 4.74 Å². The molecule has 0 bridgehead atoms. The Morgan fingerprint density at radius 1 is 1.09 bits per heavy atom. The van der Waals surface area contributed by atoms with E-state index in [0.717, 1.165) is 7.11 Å². The number of methoxy groups -OCH3 is 1. The van der Waals surface area contributed by atoms with Gasteiger partial charge in [0.25, 0.3) is 5.69 Å². The normalized spacial score (nSPS) is 10.0. The Kier molecular flexibility index (Phi) is 4.92. The molecule has 0 saturated carbocycles. The Bertz CT molecular complexity index is 789. The van der Waals surface area contributed by atoms with Crippen LogP contribution in [-0.2, 0) is 4.74 Å². The number of nitrogens with zero attached hydrogens (tertiary/aromatic N) is 1. The van der Waals surface area contributed by atoms with Gasteiger partial charge in [0.2, 0.25) is 0 Å². The predicted molar refractivity (Wildman–Crippen MR) is 80.8 cm³/mol. The van der Waals surface area contributed by atoms with Gasteiger partial charge in [0.05, 0.1) is 12.0 Å². The highest BCUT2D eigenvalue weighted by atomic mass is 35.5. The molecular weight excluding hydrogens is 326 g/mol. The first-order chi connectivity index (χ1) is 10.9. The number of para-hydroxylation sites is 1. The SMILES string of the molecule is COC(=O)c1cc(Cl)ccc1OC(=O)c1ccccc1[N+](=O)[O-]. The second-order valence-electron chi connectivity index (χ2n) is 4.30. The van der Waals surface area contributed by atoms with E-state index in [1.54, 1.807) is 0 Å².